The molecule has 2 rings (SSSR count). The number of aryl methyl sites for hydroxylation is 1. The van der Waals surface area contributed by atoms with Crippen molar-refractivity contribution in [1.29, 1.82) is 0 Å². The lowest BCUT2D eigenvalue weighted by Crippen LogP contribution is -1.92. The standard InChI is InChI=1S/C16H14O2/c1-12-3-2-4-13(11-12)5-10-16(18)14-6-8-15(17)9-7-14/h2-11,17H,1H3. The van der Waals surface area contributed by atoms with Crippen molar-refractivity contribution in [1.82, 2.24) is 0 Å². The lowest BCUT2D eigenvalue weighted by Gasteiger charge is -1.97. The third-order valence-electron chi connectivity index (χ3n) is 2.62. The Bertz CT molecular complexity index is 580. The third-order valence-corrected chi connectivity index (χ3v) is 2.62. The van der Waals surface area contributed by atoms with Crippen LogP contribution in [0.2, 0.25) is 0 Å². The van der Waals surface area contributed by atoms with Crippen molar-refractivity contribution >= 4 is 11.9 Å². The fourth-order valence-electron chi connectivity index (χ4n) is 1.67. The molecule has 0 aliphatic carbocycles. The molecular formula is C16H14O2. The number of phenols is 1. The average Bonchev–Trinajstić information content (AvgIpc) is 2.37. The number of benzene rings is 2. The second-order valence-electron chi connectivity index (χ2n) is 4.16. The highest BCUT2D eigenvalue weighted by molar-refractivity contribution is 6.06. The van der Waals surface area contributed by atoms with E-state index in [9.17, 15) is 4.79 Å². The molecule has 0 radical (unpaired) electrons. The predicted octanol–water partition coefficient (Wildman–Crippen LogP) is 3.60. The highest BCUT2D eigenvalue weighted by Gasteiger charge is 2.00. The van der Waals surface area contributed by atoms with E-state index in [0.717, 1.165) is 11.1 Å². The molecule has 0 fully saturated rings. The molecule has 0 aromatic heterocycles. The lowest BCUT2D eigenvalue weighted by atomic mass is 10.1. The number of rotatable bonds is 3. The first-order valence-electron chi connectivity index (χ1n) is 5.73. The monoisotopic (exact) mass is 238 g/mol. The summed E-state index contributed by atoms with van der Waals surface area (Å²) in [6, 6.07) is 14.2. The van der Waals surface area contributed by atoms with Crippen LogP contribution in [0, 0.1) is 6.92 Å². The normalized spacial score (nSPS) is 10.7. The number of ketones is 1. The van der Waals surface area contributed by atoms with E-state index in [2.05, 4.69) is 0 Å². The molecule has 2 aromatic carbocycles. The van der Waals surface area contributed by atoms with Gasteiger partial charge in [0.25, 0.3) is 0 Å². The van der Waals surface area contributed by atoms with Crippen LogP contribution in [-0.4, -0.2) is 10.9 Å². The minimum absolute atomic E-state index is 0.0727. The van der Waals surface area contributed by atoms with Gasteiger partial charge in [0.2, 0.25) is 0 Å². The van der Waals surface area contributed by atoms with E-state index in [1.54, 1.807) is 24.3 Å². The molecule has 2 heteroatoms. The Balaban J connectivity index is 2.14. The molecule has 0 spiro atoms. The Morgan fingerprint density at radius 1 is 1.11 bits per heavy atom. The van der Waals surface area contributed by atoms with Crippen LogP contribution in [0.15, 0.2) is 54.6 Å². The lowest BCUT2D eigenvalue weighted by molar-refractivity contribution is 0.104. The van der Waals surface area contributed by atoms with Gasteiger partial charge in [-0.3, -0.25) is 4.79 Å². The molecule has 0 amide bonds. The van der Waals surface area contributed by atoms with Gasteiger partial charge in [0.1, 0.15) is 5.75 Å². The number of carbonyl (C=O) groups excluding carboxylic acids is 1. The summed E-state index contributed by atoms with van der Waals surface area (Å²) in [6.45, 7) is 2.01. The van der Waals surface area contributed by atoms with Crippen molar-refractivity contribution < 1.29 is 9.90 Å². The van der Waals surface area contributed by atoms with Crippen molar-refractivity contribution in [3.05, 3.63) is 71.3 Å². The molecule has 0 bridgehead atoms. The molecule has 0 saturated carbocycles. The van der Waals surface area contributed by atoms with Crippen LogP contribution < -0.4 is 0 Å². The maximum Gasteiger partial charge on any atom is 0.185 e. The first-order chi connectivity index (χ1) is 8.65. The summed E-state index contributed by atoms with van der Waals surface area (Å²) < 4.78 is 0. The van der Waals surface area contributed by atoms with Crippen LogP contribution in [0.1, 0.15) is 21.5 Å². The zero-order chi connectivity index (χ0) is 13.0. The van der Waals surface area contributed by atoms with Gasteiger partial charge in [-0.15, -0.1) is 0 Å². The molecule has 1 N–H and O–H groups in total. The van der Waals surface area contributed by atoms with Crippen LogP contribution >= 0.6 is 0 Å². The summed E-state index contributed by atoms with van der Waals surface area (Å²) in [5.74, 6) is 0.0886. The number of phenolic OH excluding ortho intramolecular Hbond substituents is 1. The minimum Gasteiger partial charge on any atom is -0.508 e. The van der Waals surface area contributed by atoms with Crippen LogP contribution in [0.4, 0.5) is 0 Å². The SMILES string of the molecule is Cc1cccc(C=CC(=O)c2ccc(O)cc2)c1. The molecule has 0 heterocycles. The quantitative estimate of drug-likeness (QED) is 0.655. The molecule has 0 aliphatic heterocycles. The van der Waals surface area contributed by atoms with E-state index in [1.165, 1.54) is 12.1 Å². The van der Waals surface area contributed by atoms with Crippen molar-refractivity contribution in [2.45, 2.75) is 6.92 Å². The van der Waals surface area contributed by atoms with E-state index in [4.69, 9.17) is 5.11 Å². The number of allylic oxidation sites excluding steroid dienone is 1. The van der Waals surface area contributed by atoms with Crippen LogP contribution in [0.3, 0.4) is 0 Å². The van der Waals surface area contributed by atoms with Gasteiger partial charge in [0, 0.05) is 5.56 Å². The number of carbonyl (C=O) groups is 1. The van der Waals surface area contributed by atoms with Crippen molar-refractivity contribution in [2.24, 2.45) is 0 Å². The Morgan fingerprint density at radius 3 is 2.50 bits per heavy atom. The second-order valence-corrected chi connectivity index (χ2v) is 4.16. The zero-order valence-corrected chi connectivity index (χ0v) is 10.1. The Hall–Kier alpha value is -2.35. The zero-order valence-electron chi connectivity index (χ0n) is 10.1. The fourth-order valence-corrected chi connectivity index (χ4v) is 1.67. The molecule has 2 aromatic rings. The van der Waals surface area contributed by atoms with Gasteiger partial charge in [0.05, 0.1) is 0 Å². The Kier molecular flexibility index (Phi) is 3.58. The first kappa shape index (κ1) is 12.1. The molecule has 0 atom stereocenters. The summed E-state index contributed by atoms with van der Waals surface area (Å²) >= 11 is 0. The maximum atomic E-state index is 11.8. The van der Waals surface area contributed by atoms with E-state index >= 15 is 0 Å². The van der Waals surface area contributed by atoms with Crippen LogP contribution in [-0.2, 0) is 0 Å². The predicted molar refractivity (Wildman–Crippen MR) is 72.7 cm³/mol. The van der Waals surface area contributed by atoms with Gasteiger partial charge in [-0.05, 0) is 42.8 Å². The summed E-state index contributed by atoms with van der Waals surface area (Å²) in [5, 5.41) is 9.15. The van der Waals surface area contributed by atoms with Gasteiger partial charge in [-0.1, -0.05) is 35.9 Å². The molecule has 0 unspecified atom stereocenters. The van der Waals surface area contributed by atoms with Gasteiger partial charge in [-0.25, -0.2) is 0 Å². The molecule has 18 heavy (non-hydrogen) atoms. The molecule has 0 saturated heterocycles. The first-order valence-corrected chi connectivity index (χ1v) is 5.73. The van der Waals surface area contributed by atoms with Crippen molar-refractivity contribution in [2.75, 3.05) is 0 Å². The summed E-state index contributed by atoms with van der Waals surface area (Å²) in [5.41, 5.74) is 2.73. The van der Waals surface area contributed by atoms with Gasteiger partial charge >= 0.3 is 0 Å². The fraction of sp³-hybridized carbons (Fsp3) is 0.0625. The van der Waals surface area contributed by atoms with Crippen LogP contribution in [0.25, 0.3) is 6.08 Å². The summed E-state index contributed by atoms with van der Waals surface area (Å²) in [7, 11) is 0. The topological polar surface area (TPSA) is 37.3 Å². The molecular weight excluding hydrogens is 224 g/mol. The third kappa shape index (κ3) is 3.08. The van der Waals surface area contributed by atoms with E-state index in [-0.39, 0.29) is 11.5 Å². The summed E-state index contributed by atoms with van der Waals surface area (Å²) in [4.78, 5) is 11.8. The number of hydrogen-bond donors (Lipinski definition) is 1. The average molecular weight is 238 g/mol. The molecule has 2 nitrogen and oxygen atoms in total. The molecule has 0 aliphatic rings. The van der Waals surface area contributed by atoms with E-state index in [1.807, 2.05) is 31.2 Å². The molecule has 90 valence electrons. The second kappa shape index (κ2) is 5.32. The van der Waals surface area contributed by atoms with Crippen molar-refractivity contribution in [3.63, 3.8) is 0 Å². The smallest absolute Gasteiger partial charge is 0.185 e. The Labute approximate surface area is 106 Å². The van der Waals surface area contributed by atoms with Crippen LogP contribution in [0.5, 0.6) is 5.75 Å². The highest BCUT2D eigenvalue weighted by atomic mass is 16.3. The van der Waals surface area contributed by atoms with Crippen molar-refractivity contribution in [3.8, 4) is 5.75 Å². The maximum absolute atomic E-state index is 11.8. The van der Waals surface area contributed by atoms with Gasteiger partial charge in [-0.2, -0.15) is 0 Å². The highest BCUT2D eigenvalue weighted by Crippen LogP contribution is 2.12. The minimum atomic E-state index is -0.0727. The largest absolute Gasteiger partial charge is 0.508 e. The number of aromatic hydroxyl groups is 1. The van der Waals surface area contributed by atoms with Gasteiger partial charge in [0.15, 0.2) is 5.78 Å². The Morgan fingerprint density at radius 2 is 1.83 bits per heavy atom. The van der Waals surface area contributed by atoms with E-state index in [0.29, 0.717) is 5.56 Å². The summed E-state index contributed by atoms with van der Waals surface area (Å²) in [6.07, 6.45) is 3.34. The van der Waals surface area contributed by atoms with Gasteiger partial charge < -0.3 is 5.11 Å². The van der Waals surface area contributed by atoms with E-state index < -0.39 is 0 Å². The number of hydrogen-bond acceptors (Lipinski definition) is 2.